The molecule has 1 aromatic rings. The van der Waals surface area contributed by atoms with Crippen LogP contribution < -0.4 is 5.32 Å². The third-order valence-electron chi connectivity index (χ3n) is 2.28. The van der Waals surface area contributed by atoms with Crippen molar-refractivity contribution in [3.8, 4) is 0 Å². The van der Waals surface area contributed by atoms with Crippen LogP contribution >= 0.6 is 0 Å². The zero-order valence-corrected chi connectivity index (χ0v) is 9.31. The van der Waals surface area contributed by atoms with Gasteiger partial charge in [0.15, 0.2) is 5.78 Å². The number of carbonyl (C=O) groups is 2. The summed E-state index contributed by atoms with van der Waals surface area (Å²) in [5, 5.41) is 12.0. The number of hydrogen-bond donors (Lipinski definition) is 2. The molecule has 0 aromatic heterocycles. The lowest BCUT2D eigenvalue weighted by Gasteiger charge is -2.17. The van der Waals surface area contributed by atoms with Crippen LogP contribution in [0.5, 0.6) is 0 Å². The van der Waals surface area contributed by atoms with Gasteiger partial charge < -0.3 is 10.4 Å². The van der Waals surface area contributed by atoms with Gasteiger partial charge in [-0.15, -0.1) is 0 Å². The van der Waals surface area contributed by atoms with Crippen molar-refractivity contribution in [2.75, 3.05) is 0 Å². The first-order chi connectivity index (χ1) is 7.52. The van der Waals surface area contributed by atoms with Gasteiger partial charge in [0.25, 0.3) is 5.91 Å². The molecule has 0 saturated carbocycles. The normalized spacial score (nSPS) is 13.9. The molecule has 4 heteroatoms. The molecule has 2 atom stereocenters. The molecule has 2 unspecified atom stereocenters. The second kappa shape index (κ2) is 5.42. The van der Waals surface area contributed by atoms with E-state index in [2.05, 4.69) is 5.32 Å². The fourth-order valence-electron chi connectivity index (χ4n) is 1.31. The van der Waals surface area contributed by atoms with Crippen molar-refractivity contribution in [3.05, 3.63) is 35.9 Å². The van der Waals surface area contributed by atoms with Crippen LogP contribution in [0.3, 0.4) is 0 Å². The van der Waals surface area contributed by atoms with Crippen LogP contribution in [-0.2, 0) is 4.79 Å². The number of aliphatic hydroxyl groups excluding tert-OH is 1. The van der Waals surface area contributed by atoms with Gasteiger partial charge in [-0.25, -0.2) is 0 Å². The lowest BCUT2D eigenvalue weighted by atomic mass is 10.1. The first-order valence-electron chi connectivity index (χ1n) is 5.07. The zero-order valence-electron chi connectivity index (χ0n) is 9.31. The molecule has 16 heavy (non-hydrogen) atoms. The van der Waals surface area contributed by atoms with E-state index in [0.29, 0.717) is 5.56 Å². The SMILES string of the molecule is CC(=O)C(O)C(C)NC(=O)c1ccccc1. The fraction of sp³-hybridized carbons (Fsp3) is 0.333. The summed E-state index contributed by atoms with van der Waals surface area (Å²) in [7, 11) is 0. The molecule has 2 N–H and O–H groups in total. The van der Waals surface area contributed by atoms with Crippen molar-refractivity contribution >= 4 is 11.7 Å². The highest BCUT2D eigenvalue weighted by Crippen LogP contribution is 2.01. The minimum atomic E-state index is -1.16. The van der Waals surface area contributed by atoms with Gasteiger partial charge in [0.1, 0.15) is 6.10 Å². The number of ketones is 1. The van der Waals surface area contributed by atoms with Gasteiger partial charge in [-0.1, -0.05) is 18.2 Å². The lowest BCUT2D eigenvalue weighted by molar-refractivity contribution is -0.125. The molecule has 1 amide bonds. The Morgan fingerprint density at radius 3 is 2.31 bits per heavy atom. The van der Waals surface area contributed by atoms with E-state index in [9.17, 15) is 14.7 Å². The third kappa shape index (κ3) is 3.17. The Morgan fingerprint density at radius 2 is 1.81 bits per heavy atom. The number of Topliss-reactive ketones (excluding diaryl/α,β-unsaturated/α-hetero) is 1. The van der Waals surface area contributed by atoms with Gasteiger partial charge in [0, 0.05) is 5.56 Å². The highest BCUT2D eigenvalue weighted by atomic mass is 16.3. The van der Waals surface area contributed by atoms with Crippen LogP contribution in [0.15, 0.2) is 30.3 Å². The Morgan fingerprint density at radius 1 is 1.25 bits per heavy atom. The molecule has 1 rings (SSSR count). The summed E-state index contributed by atoms with van der Waals surface area (Å²) in [6.45, 7) is 2.88. The molecule has 0 saturated heterocycles. The maximum absolute atomic E-state index is 11.6. The van der Waals surface area contributed by atoms with Crippen LogP contribution in [-0.4, -0.2) is 28.9 Å². The van der Waals surface area contributed by atoms with Gasteiger partial charge in [-0.3, -0.25) is 9.59 Å². The number of nitrogens with one attached hydrogen (secondary N) is 1. The van der Waals surface area contributed by atoms with E-state index >= 15 is 0 Å². The zero-order chi connectivity index (χ0) is 12.1. The Bertz CT molecular complexity index is 375. The monoisotopic (exact) mass is 221 g/mol. The maximum Gasteiger partial charge on any atom is 0.251 e. The molecule has 0 spiro atoms. The van der Waals surface area contributed by atoms with Gasteiger partial charge in [0.05, 0.1) is 6.04 Å². The molecular formula is C12H15NO3. The van der Waals surface area contributed by atoms with E-state index in [1.165, 1.54) is 6.92 Å². The number of hydrogen-bond acceptors (Lipinski definition) is 3. The van der Waals surface area contributed by atoms with Crippen molar-refractivity contribution in [3.63, 3.8) is 0 Å². The van der Waals surface area contributed by atoms with Crippen molar-refractivity contribution in [2.45, 2.75) is 26.0 Å². The molecule has 0 bridgehead atoms. The highest BCUT2D eigenvalue weighted by molar-refractivity contribution is 5.94. The van der Waals surface area contributed by atoms with Crippen LogP contribution in [0.4, 0.5) is 0 Å². The molecule has 1 aromatic carbocycles. The van der Waals surface area contributed by atoms with Crippen molar-refractivity contribution in [2.24, 2.45) is 0 Å². The summed E-state index contributed by atoms with van der Waals surface area (Å²) in [6.07, 6.45) is -1.16. The predicted molar refractivity (Wildman–Crippen MR) is 60.1 cm³/mol. The first kappa shape index (κ1) is 12.4. The highest BCUT2D eigenvalue weighted by Gasteiger charge is 2.20. The number of aliphatic hydroxyl groups is 1. The van der Waals surface area contributed by atoms with Gasteiger partial charge >= 0.3 is 0 Å². The molecule has 4 nitrogen and oxygen atoms in total. The van der Waals surface area contributed by atoms with Crippen molar-refractivity contribution in [1.29, 1.82) is 0 Å². The minimum absolute atomic E-state index is 0.298. The number of carbonyl (C=O) groups excluding carboxylic acids is 2. The second-order valence-corrected chi connectivity index (χ2v) is 3.68. The summed E-state index contributed by atoms with van der Waals surface area (Å²) in [5.74, 6) is -0.658. The Kier molecular flexibility index (Phi) is 4.19. The standard InChI is InChI=1S/C12H15NO3/c1-8(11(15)9(2)14)13-12(16)10-6-4-3-5-7-10/h3-8,11,15H,1-2H3,(H,13,16). The molecule has 0 aliphatic heterocycles. The molecule has 86 valence electrons. The smallest absolute Gasteiger partial charge is 0.251 e. The summed E-state index contributed by atoms with van der Waals surface area (Å²) in [4.78, 5) is 22.6. The average Bonchev–Trinajstić information content (AvgIpc) is 2.28. The average molecular weight is 221 g/mol. The molecule has 0 heterocycles. The second-order valence-electron chi connectivity index (χ2n) is 3.68. The molecular weight excluding hydrogens is 206 g/mol. The van der Waals surface area contributed by atoms with E-state index < -0.39 is 12.1 Å². The summed E-state index contributed by atoms with van der Waals surface area (Å²) in [6, 6.07) is 8.06. The predicted octanol–water partition coefficient (Wildman–Crippen LogP) is 0.755. The molecule has 0 aliphatic carbocycles. The Balaban J connectivity index is 2.62. The Hall–Kier alpha value is -1.68. The lowest BCUT2D eigenvalue weighted by Crippen LogP contribution is -2.44. The van der Waals surface area contributed by atoms with Crippen molar-refractivity contribution < 1.29 is 14.7 Å². The summed E-state index contributed by atoms with van der Waals surface area (Å²) >= 11 is 0. The summed E-state index contributed by atoms with van der Waals surface area (Å²) in [5.41, 5.74) is 0.505. The van der Waals surface area contributed by atoms with E-state index in [1.807, 2.05) is 6.07 Å². The van der Waals surface area contributed by atoms with Gasteiger partial charge in [-0.05, 0) is 26.0 Å². The maximum atomic E-state index is 11.6. The van der Waals surface area contributed by atoms with Gasteiger partial charge in [-0.2, -0.15) is 0 Å². The van der Waals surface area contributed by atoms with Crippen LogP contribution in [0.1, 0.15) is 24.2 Å². The number of amides is 1. The molecule has 0 fully saturated rings. The third-order valence-corrected chi connectivity index (χ3v) is 2.28. The molecule has 0 aliphatic rings. The topological polar surface area (TPSA) is 66.4 Å². The van der Waals surface area contributed by atoms with Crippen molar-refractivity contribution in [1.82, 2.24) is 5.32 Å². The Labute approximate surface area is 94.3 Å². The van der Waals surface area contributed by atoms with E-state index in [1.54, 1.807) is 31.2 Å². The van der Waals surface area contributed by atoms with E-state index in [4.69, 9.17) is 0 Å². The van der Waals surface area contributed by atoms with Crippen LogP contribution in [0, 0.1) is 0 Å². The van der Waals surface area contributed by atoms with E-state index in [-0.39, 0.29) is 11.7 Å². The summed E-state index contributed by atoms with van der Waals surface area (Å²) < 4.78 is 0. The molecule has 0 radical (unpaired) electrons. The van der Waals surface area contributed by atoms with Gasteiger partial charge in [0.2, 0.25) is 0 Å². The van der Waals surface area contributed by atoms with Crippen LogP contribution in [0.2, 0.25) is 0 Å². The largest absolute Gasteiger partial charge is 0.383 e. The quantitative estimate of drug-likeness (QED) is 0.788. The van der Waals surface area contributed by atoms with Crippen LogP contribution in [0.25, 0.3) is 0 Å². The first-order valence-corrected chi connectivity index (χ1v) is 5.07. The minimum Gasteiger partial charge on any atom is -0.383 e. The van der Waals surface area contributed by atoms with E-state index in [0.717, 1.165) is 0 Å². The fourth-order valence-corrected chi connectivity index (χ4v) is 1.31. The number of benzene rings is 1. The number of rotatable bonds is 4.